The standard InChI is InChI=1S/C10H11F3N2/c11-7-4-9(13)8(12)3-6(7)10-5-14-1-2-15-10/h3-4,10,14-15H,1-2,5H2/t10-/m1/s1. The lowest BCUT2D eigenvalue weighted by Gasteiger charge is -2.25. The highest BCUT2D eigenvalue weighted by Gasteiger charge is 2.20. The molecule has 1 aliphatic rings. The van der Waals surface area contributed by atoms with Crippen molar-refractivity contribution in [2.75, 3.05) is 19.6 Å². The van der Waals surface area contributed by atoms with E-state index in [9.17, 15) is 13.2 Å². The molecule has 1 atom stereocenters. The van der Waals surface area contributed by atoms with E-state index in [-0.39, 0.29) is 11.6 Å². The molecule has 1 aromatic carbocycles. The molecule has 82 valence electrons. The monoisotopic (exact) mass is 216 g/mol. The molecule has 2 rings (SSSR count). The van der Waals surface area contributed by atoms with Crippen LogP contribution in [0.25, 0.3) is 0 Å². The van der Waals surface area contributed by atoms with Gasteiger partial charge in [-0.1, -0.05) is 0 Å². The van der Waals surface area contributed by atoms with E-state index in [0.717, 1.165) is 12.6 Å². The second-order valence-electron chi connectivity index (χ2n) is 3.50. The first-order valence-corrected chi connectivity index (χ1v) is 4.77. The number of rotatable bonds is 1. The van der Waals surface area contributed by atoms with E-state index >= 15 is 0 Å². The zero-order valence-corrected chi connectivity index (χ0v) is 7.99. The van der Waals surface area contributed by atoms with Crippen LogP contribution >= 0.6 is 0 Å². The Bertz CT molecular complexity index is 362. The number of halogens is 3. The molecule has 0 saturated carbocycles. The fourth-order valence-corrected chi connectivity index (χ4v) is 1.68. The highest BCUT2D eigenvalue weighted by atomic mass is 19.2. The normalized spacial score (nSPS) is 21.7. The third kappa shape index (κ3) is 2.13. The molecule has 2 N–H and O–H groups in total. The fraction of sp³-hybridized carbons (Fsp3) is 0.400. The molecule has 1 aliphatic heterocycles. The van der Waals surface area contributed by atoms with Crippen molar-refractivity contribution in [3.8, 4) is 0 Å². The van der Waals surface area contributed by atoms with Crippen molar-refractivity contribution in [3.05, 3.63) is 35.1 Å². The van der Waals surface area contributed by atoms with Gasteiger partial charge in [-0.15, -0.1) is 0 Å². The Morgan fingerprint density at radius 3 is 2.40 bits per heavy atom. The molecule has 0 bridgehead atoms. The van der Waals surface area contributed by atoms with Crippen LogP contribution < -0.4 is 10.6 Å². The van der Waals surface area contributed by atoms with Gasteiger partial charge in [0, 0.05) is 37.3 Å². The molecule has 1 aromatic rings. The number of hydrogen-bond donors (Lipinski definition) is 2. The summed E-state index contributed by atoms with van der Waals surface area (Å²) in [6.07, 6.45) is 0. The lowest BCUT2D eigenvalue weighted by atomic mass is 10.0. The van der Waals surface area contributed by atoms with Crippen molar-refractivity contribution >= 4 is 0 Å². The number of piperazine rings is 1. The van der Waals surface area contributed by atoms with Gasteiger partial charge in [-0.25, -0.2) is 13.2 Å². The largest absolute Gasteiger partial charge is 0.314 e. The zero-order chi connectivity index (χ0) is 10.8. The topological polar surface area (TPSA) is 24.1 Å². The predicted molar refractivity (Wildman–Crippen MR) is 49.9 cm³/mol. The van der Waals surface area contributed by atoms with Gasteiger partial charge in [0.2, 0.25) is 0 Å². The van der Waals surface area contributed by atoms with Crippen molar-refractivity contribution in [3.63, 3.8) is 0 Å². The molecule has 2 nitrogen and oxygen atoms in total. The Kier molecular flexibility index (Phi) is 2.93. The molecule has 1 fully saturated rings. The van der Waals surface area contributed by atoms with Crippen molar-refractivity contribution in [2.45, 2.75) is 6.04 Å². The molecular formula is C10H11F3N2. The van der Waals surface area contributed by atoms with Gasteiger partial charge in [0.15, 0.2) is 11.6 Å². The summed E-state index contributed by atoms with van der Waals surface area (Å²) >= 11 is 0. The van der Waals surface area contributed by atoms with Gasteiger partial charge in [-0.3, -0.25) is 0 Å². The zero-order valence-electron chi connectivity index (χ0n) is 7.99. The highest BCUT2D eigenvalue weighted by Crippen LogP contribution is 2.20. The van der Waals surface area contributed by atoms with Crippen LogP contribution in [0.15, 0.2) is 12.1 Å². The van der Waals surface area contributed by atoms with Crippen molar-refractivity contribution in [1.29, 1.82) is 0 Å². The van der Waals surface area contributed by atoms with E-state index in [4.69, 9.17) is 0 Å². The summed E-state index contributed by atoms with van der Waals surface area (Å²) in [5.41, 5.74) is 0.168. The summed E-state index contributed by atoms with van der Waals surface area (Å²) in [7, 11) is 0. The fourth-order valence-electron chi connectivity index (χ4n) is 1.68. The van der Waals surface area contributed by atoms with E-state index in [1.54, 1.807) is 0 Å². The van der Waals surface area contributed by atoms with E-state index < -0.39 is 17.5 Å². The first-order valence-electron chi connectivity index (χ1n) is 4.77. The highest BCUT2D eigenvalue weighted by molar-refractivity contribution is 5.24. The molecule has 0 amide bonds. The smallest absolute Gasteiger partial charge is 0.161 e. The molecular weight excluding hydrogens is 205 g/mol. The van der Waals surface area contributed by atoms with Crippen LogP contribution in [0.3, 0.4) is 0 Å². The van der Waals surface area contributed by atoms with Crippen LogP contribution in [-0.2, 0) is 0 Å². The predicted octanol–water partition coefficient (Wildman–Crippen LogP) is 1.34. The van der Waals surface area contributed by atoms with Crippen LogP contribution in [0, 0.1) is 17.5 Å². The Labute approximate surface area is 85.5 Å². The average molecular weight is 216 g/mol. The molecule has 0 spiro atoms. The molecule has 0 unspecified atom stereocenters. The quantitative estimate of drug-likeness (QED) is 0.692. The van der Waals surface area contributed by atoms with Crippen molar-refractivity contribution in [2.24, 2.45) is 0 Å². The minimum absolute atomic E-state index is 0.168. The Morgan fingerprint density at radius 2 is 1.73 bits per heavy atom. The Hall–Kier alpha value is -1.07. The molecule has 5 heteroatoms. The summed E-state index contributed by atoms with van der Waals surface area (Å²) < 4.78 is 38.9. The van der Waals surface area contributed by atoms with E-state index in [2.05, 4.69) is 10.6 Å². The van der Waals surface area contributed by atoms with Crippen molar-refractivity contribution < 1.29 is 13.2 Å². The SMILES string of the molecule is Fc1cc(F)c([C@H]2CNCCN2)cc1F. The second-order valence-corrected chi connectivity index (χ2v) is 3.50. The molecule has 1 saturated heterocycles. The summed E-state index contributed by atoms with van der Waals surface area (Å²) in [6.45, 7) is 1.99. The lowest BCUT2D eigenvalue weighted by Crippen LogP contribution is -2.43. The van der Waals surface area contributed by atoms with Gasteiger partial charge in [-0.05, 0) is 6.07 Å². The molecule has 15 heavy (non-hydrogen) atoms. The van der Waals surface area contributed by atoms with Gasteiger partial charge >= 0.3 is 0 Å². The number of hydrogen-bond acceptors (Lipinski definition) is 2. The first kappa shape index (κ1) is 10.4. The van der Waals surface area contributed by atoms with Gasteiger partial charge in [0.1, 0.15) is 5.82 Å². The van der Waals surface area contributed by atoms with E-state index in [1.807, 2.05) is 0 Å². The summed E-state index contributed by atoms with van der Waals surface area (Å²) in [5.74, 6) is -2.88. The molecule has 0 radical (unpaired) electrons. The molecule has 0 aliphatic carbocycles. The van der Waals surface area contributed by atoms with Gasteiger partial charge < -0.3 is 10.6 Å². The number of nitrogens with one attached hydrogen (secondary N) is 2. The maximum atomic E-state index is 13.3. The third-order valence-corrected chi connectivity index (χ3v) is 2.46. The van der Waals surface area contributed by atoms with E-state index in [1.165, 1.54) is 0 Å². The third-order valence-electron chi connectivity index (χ3n) is 2.46. The summed E-state index contributed by atoms with van der Waals surface area (Å²) in [4.78, 5) is 0. The van der Waals surface area contributed by atoms with Gasteiger partial charge in [0.25, 0.3) is 0 Å². The number of benzene rings is 1. The summed E-state index contributed by atoms with van der Waals surface area (Å²) in [5, 5.41) is 6.08. The first-order chi connectivity index (χ1) is 7.18. The molecule has 0 aromatic heterocycles. The average Bonchev–Trinajstić information content (AvgIpc) is 2.25. The van der Waals surface area contributed by atoms with Crippen molar-refractivity contribution in [1.82, 2.24) is 10.6 Å². The summed E-state index contributed by atoms with van der Waals surface area (Å²) in [6, 6.07) is 1.20. The van der Waals surface area contributed by atoms with E-state index in [0.29, 0.717) is 19.2 Å². The van der Waals surface area contributed by atoms with Crippen LogP contribution in [0.2, 0.25) is 0 Å². The minimum Gasteiger partial charge on any atom is -0.314 e. The van der Waals surface area contributed by atoms with Crippen LogP contribution in [0.1, 0.15) is 11.6 Å². The van der Waals surface area contributed by atoms with Gasteiger partial charge in [0.05, 0.1) is 0 Å². The lowest BCUT2D eigenvalue weighted by molar-refractivity contribution is 0.409. The Balaban J connectivity index is 2.30. The Morgan fingerprint density at radius 1 is 1.00 bits per heavy atom. The molecule has 1 heterocycles. The maximum absolute atomic E-state index is 13.3. The van der Waals surface area contributed by atoms with Crippen LogP contribution in [0.5, 0.6) is 0 Å². The van der Waals surface area contributed by atoms with Gasteiger partial charge in [-0.2, -0.15) is 0 Å². The van der Waals surface area contributed by atoms with Crippen LogP contribution in [-0.4, -0.2) is 19.6 Å². The maximum Gasteiger partial charge on any atom is 0.161 e. The minimum atomic E-state index is -1.15. The second kappa shape index (κ2) is 4.20. The van der Waals surface area contributed by atoms with Crippen LogP contribution in [0.4, 0.5) is 13.2 Å².